The van der Waals surface area contributed by atoms with Crippen molar-refractivity contribution in [3.05, 3.63) is 76.6 Å². The van der Waals surface area contributed by atoms with Gasteiger partial charge in [0, 0.05) is 36.5 Å². The van der Waals surface area contributed by atoms with Crippen molar-refractivity contribution in [3.8, 4) is 0 Å². The average Bonchev–Trinajstić information content (AvgIpc) is 3.48. The minimum atomic E-state index is -0.147. The molecular weight excluding hydrogens is 445 g/mol. The summed E-state index contributed by atoms with van der Waals surface area (Å²) in [5, 5.41) is 0. The summed E-state index contributed by atoms with van der Waals surface area (Å²) in [5.41, 5.74) is 9.54. The number of rotatable bonds is 10. The van der Waals surface area contributed by atoms with Crippen LogP contribution in [0, 0.1) is 11.7 Å². The Morgan fingerprint density at radius 3 is 2.75 bits per heavy atom. The van der Waals surface area contributed by atoms with Crippen LogP contribution >= 0.6 is 0 Å². The van der Waals surface area contributed by atoms with Gasteiger partial charge >= 0.3 is 0 Å². The van der Waals surface area contributed by atoms with Crippen LogP contribution in [-0.4, -0.2) is 43.8 Å². The fourth-order valence-corrected chi connectivity index (χ4v) is 6.53. The molecule has 3 nitrogen and oxygen atoms in total. The van der Waals surface area contributed by atoms with Crippen LogP contribution in [0.1, 0.15) is 79.2 Å². The molecule has 0 spiro atoms. The zero-order valence-corrected chi connectivity index (χ0v) is 22.2. The Balaban J connectivity index is 1.08. The Labute approximate surface area is 217 Å². The average molecular weight is 488 g/mol. The van der Waals surface area contributed by atoms with E-state index in [4.69, 9.17) is 4.99 Å². The topological polar surface area (TPSA) is 18.8 Å². The third-order valence-corrected chi connectivity index (χ3v) is 8.67. The van der Waals surface area contributed by atoms with Crippen LogP contribution in [0.25, 0.3) is 0 Å². The third kappa shape index (κ3) is 5.44. The molecule has 3 aliphatic heterocycles. The smallest absolute Gasteiger partial charge is 0.123 e. The molecule has 192 valence electrons. The standard InChI is InChI=1S/C32H42FN3/c1-4-5-9-25-19-27(20-26-12-16-35(3)32(25)26)23(2)8-6-7-15-36-17-13-24(14-18-36)31-30-11-10-29(33)21-28(30)22-34-31/h4,10-11,19-21,23-24H,1,5-9,12-18,22H2,2-3H3. The SMILES string of the molecule is C=CCCc1cc(C(C)CCCCN2CCC(C3=NCc4cc(F)ccc43)CC2)cc2c1N(C)CC2. The summed E-state index contributed by atoms with van der Waals surface area (Å²) in [4.78, 5) is 9.86. The zero-order chi connectivity index (χ0) is 25.1. The Morgan fingerprint density at radius 1 is 1.11 bits per heavy atom. The van der Waals surface area contributed by atoms with Gasteiger partial charge < -0.3 is 9.80 Å². The van der Waals surface area contributed by atoms with Gasteiger partial charge in [-0.05, 0) is 111 Å². The number of aliphatic imine (C=N–C) groups is 1. The van der Waals surface area contributed by atoms with Crippen molar-refractivity contribution >= 4 is 11.4 Å². The van der Waals surface area contributed by atoms with Gasteiger partial charge in [-0.25, -0.2) is 4.39 Å². The predicted molar refractivity (Wildman–Crippen MR) is 150 cm³/mol. The summed E-state index contributed by atoms with van der Waals surface area (Å²) in [6.07, 6.45) is 11.5. The number of nitrogens with zero attached hydrogens (tertiary/aromatic N) is 3. The van der Waals surface area contributed by atoms with Crippen LogP contribution < -0.4 is 4.90 Å². The maximum Gasteiger partial charge on any atom is 0.123 e. The number of halogens is 1. The summed E-state index contributed by atoms with van der Waals surface area (Å²) in [6.45, 7) is 11.6. The number of hydrogen-bond acceptors (Lipinski definition) is 3. The molecule has 1 fully saturated rings. The van der Waals surface area contributed by atoms with Crippen molar-refractivity contribution in [1.29, 1.82) is 0 Å². The summed E-state index contributed by atoms with van der Waals surface area (Å²) in [7, 11) is 2.23. The number of piperidine rings is 1. The molecule has 2 aromatic carbocycles. The van der Waals surface area contributed by atoms with Crippen LogP contribution in [0.3, 0.4) is 0 Å². The van der Waals surface area contributed by atoms with Crippen LogP contribution in [-0.2, 0) is 19.4 Å². The highest BCUT2D eigenvalue weighted by Gasteiger charge is 2.28. The number of hydrogen-bond donors (Lipinski definition) is 0. The molecule has 0 aliphatic carbocycles. The maximum atomic E-state index is 13.5. The summed E-state index contributed by atoms with van der Waals surface area (Å²) in [6, 6.07) is 10.2. The fourth-order valence-electron chi connectivity index (χ4n) is 6.53. The van der Waals surface area contributed by atoms with Crippen molar-refractivity contribution in [2.24, 2.45) is 10.9 Å². The van der Waals surface area contributed by atoms with Crippen LogP contribution in [0.5, 0.6) is 0 Å². The summed E-state index contributed by atoms with van der Waals surface area (Å²) >= 11 is 0. The number of fused-ring (bicyclic) bond motifs is 2. The minimum Gasteiger partial charge on any atom is -0.374 e. The molecule has 3 heterocycles. The first-order chi connectivity index (χ1) is 17.5. The van der Waals surface area contributed by atoms with Gasteiger partial charge in [0.25, 0.3) is 0 Å². The van der Waals surface area contributed by atoms with Gasteiger partial charge in [-0.2, -0.15) is 0 Å². The van der Waals surface area contributed by atoms with Gasteiger partial charge in [0.05, 0.1) is 6.54 Å². The first-order valence-electron chi connectivity index (χ1n) is 14.1. The Hall–Kier alpha value is -2.46. The van der Waals surface area contributed by atoms with Crippen molar-refractivity contribution < 1.29 is 4.39 Å². The van der Waals surface area contributed by atoms with Gasteiger partial charge in [0.15, 0.2) is 0 Å². The second-order valence-electron chi connectivity index (χ2n) is 11.2. The van der Waals surface area contributed by atoms with E-state index in [0.717, 1.165) is 38.0 Å². The van der Waals surface area contributed by atoms with Crippen LogP contribution in [0.4, 0.5) is 10.1 Å². The van der Waals surface area contributed by atoms with E-state index >= 15 is 0 Å². The molecule has 0 N–H and O–H groups in total. The van der Waals surface area contributed by atoms with Crippen molar-refractivity contribution in [2.75, 3.05) is 38.1 Å². The zero-order valence-electron chi connectivity index (χ0n) is 22.2. The van der Waals surface area contributed by atoms with E-state index in [1.807, 2.05) is 12.1 Å². The van der Waals surface area contributed by atoms with Gasteiger partial charge in [-0.3, -0.25) is 4.99 Å². The molecule has 1 saturated heterocycles. The highest BCUT2D eigenvalue weighted by Crippen LogP contribution is 2.36. The highest BCUT2D eigenvalue weighted by molar-refractivity contribution is 6.05. The van der Waals surface area contributed by atoms with E-state index in [-0.39, 0.29) is 5.82 Å². The lowest BCUT2D eigenvalue weighted by Gasteiger charge is -2.32. The molecular formula is C32H42FN3. The third-order valence-electron chi connectivity index (χ3n) is 8.67. The van der Waals surface area contributed by atoms with Crippen molar-refractivity contribution in [3.63, 3.8) is 0 Å². The number of allylic oxidation sites excluding steroid dienone is 1. The normalized spacial score (nSPS) is 18.8. The van der Waals surface area contributed by atoms with E-state index < -0.39 is 0 Å². The summed E-state index contributed by atoms with van der Waals surface area (Å²) in [5.74, 6) is 0.994. The second kappa shape index (κ2) is 11.3. The van der Waals surface area contributed by atoms with Crippen molar-refractivity contribution in [1.82, 2.24) is 4.90 Å². The van der Waals surface area contributed by atoms with Gasteiger partial charge in [-0.15, -0.1) is 6.58 Å². The lowest BCUT2D eigenvalue weighted by Crippen LogP contribution is -2.36. The second-order valence-corrected chi connectivity index (χ2v) is 11.2. The van der Waals surface area contributed by atoms with Gasteiger partial charge in [-0.1, -0.05) is 31.6 Å². The van der Waals surface area contributed by atoms with E-state index in [1.54, 1.807) is 17.7 Å². The number of likely N-dealkylation sites (tertiary alicyclic amines) is 1. The molecule has 3 aliphatic rings. The molecule has 1 atom stereocenters. The molecule has 5 rings (SSSR count). The lowest BCUT2D eigenvalue weighted by molar-refractivity contribution is 0.205. The molecule has 1 unspecified atom stereocenters. The molecule has 0 bridgehead atoms. The molecule has 36 heavy (non-hydrogen) atoms. The fraction of sp³-hybridized carbons (Fsp3) is 0.531. The first kappa shape index (κ1) is 25.2. The van der Waals surface area contributed by atoms with Crippen LogP contribution in [0.2, 0.25) is 0 Å². The number of aryl methyl sites for hydroxylation is 1. The first-order valence-corrected chi connectivity index (χ1v) is 14.1. The van der Waals surface area contributed by atoms with E-state index in [2.05, 4.69) is 42.5 Å². The summed E-state index contributed by atoms with van der Waals surface area (Å²) < 4.78 is 13.5. The minimum absolute atomic E-state index is 0.147. The molecule has 0 amide bonds. The molecule has 4 heteroatoms. The Bertz CT molecular complexity index is 1110. The quantitative estimate of drug-likeness (QED) is 0.267. The Morgan fingerprint density at radius 2 is 1.94 bits per heavy atom. The highest BCUT2D eigenvalue weighted by atomic mass is 19.1. The lowest BCUT2D eigenvalue weighted by atomic mass is 9.87. The van der Waals surface area contributed by atoms with Crippen LogP contribution in [0.15, 0.2) is 48.0 Å². The largest absolute Gasteiger partial charge is 0.374 e. The van der Waals surface area contributed by atoms with Crippen molar-refractivity contribution in [2.45, 2.75) is 70.8 Å². The molecule has 2 aromatic rings. The van der Waals surface area contributed by atoms with Gasteiger partial charge in [0.2, 0.25) is 0 Å². The number of anilines is 1. The molecule has 0 saturated carbocycles. The van der Waals surface area contributed by atoms with Gasteiger partial charge in [0.1, 0.15) is 5.82 Å². The monoisotopic (exact) mass is 487 g/mol. The molecule has 0 radical (unpaired) electrons. The van der Waals surface area contributed by atoms with E-state index in [1.165, 1.54) is 73.2 Å². The predicted octanol–water partition coefficient (Wildman–Crippen LogP) is 6.93. The number of likely N-dealkylation sites (N-methyl/N-ethyl adjacent to an activating group) is 1. The van der Waals surface area contributed by atoms with E-state index in [0.29, 0.717) is 18.4 Å². The molecule has 0 aromatic heterocycles. The number of unbranched alkanes of at least 4 members (excludes halogenated alkanes) is 1. The Kier molecular flexibility index (Phi) is 7.90. The maximum absolute atomic E-state index is 13.5. The van der Waals surface area contributed by atoms with E-state index in [9.17, 15) is 4.39 Å². The number of benzene rings is 2.